The molecule has 6 aromatic rings. The number of rotatable bonds is 7. The summed E-state index contributed by atoms with van der Waals surface area (Å²) in [5.41, 5.74) is 2.26. The fraction of sp³-hybridized carbons (Fsp3) is 0.0938. The fourth-order valence-corrected chi connectivity index (χ4v) is 4.95. The molecule has 1 aliphatic rings. The van der Waals surface area contributed by atoms with E-state index in [1.807, 2.05) is 36.4 Å². The van der Waals surface area contributed by atoms with Crippen LogP contribution in [0.1, 0.15) is 11.1 Å². The van der Waals surface area contributed by atoms with Gasteiger partial charge in [0.05, 0.1) is 24.2 Å². The maximum absolute atomic E-state index is 13.7. The summed E-state index contributed by atoms with van der Waals surface area (Å²) in [4.78, 5) is 18.4. The van der Waals surface area contributed by atoms with Crippen LogP contribution < -0.4 is 24.5 Å². The average molecular weight is 580 g/mol. The molecule has 0 saturated heterocycles. The Labute approximate surface area is 244 Å². The molecule has 1 aliphatic heterocycles. The number of methoxy groups -OCH3 is 1. The monoisotopic (exact) mass is 579 g/mol. The Balaban J connectivity index is 1.30. The van der Waals surface area contributed by atoms with Crippen LogP contribution in [0.4, 0.5) is 0 Å². The average Bonchev–Trinajstić information content (AvgIpc) is 3.66. The molecule has 0 atom stereocenters. The second-order valence-electron chi connectivity index (χ2n) is 9.46. The number of nitrogens with zero attached hydrogens (tertiary/aromatic N) is 3. The molecule has 0 N–H and O–H groups in total. The van der Waals surface area contributed by atoms with Crippen molar-refractivity contribution in [2.45, 2.75) is 6.61 Å². The summed E-state index contributed by atoms with van der Waals surface area (Å²) in [6.07, 6.45) is 1.54. The zero-order valence-electron chi connectivity index (χ0n) is 22.2. The van der Waals surface area contributed by atoms with Crippen LogP contribution in [0.15, 0.2) is 99.2 Å². The molecule has 0 fully saturated rings. The van der Waals surface area contributed by atoms with Crippen LogP contribution in [-0.2, 0) is 6.61 Å². The highest BCUT2D eigenvalue weighted by molar-refractivity contribution is 6.31. The number of aromatic nitrogens is 2. The van der Waals surface area contributed by atoms with Crippen molar-refractivity contribution in [3.05, 3.63) is 111 Å². The number of hydrogen-bond donors (Lipinski definition) is 0. The molecule has 2 aromatic heterocycles. The van der Waals surface area contributed by atoms with E-state index < -0.39 is 0 Å². The van der Waals surface area contributed by atoms with E-state index in [9.17, 15) is 4.79 Å². The molecule has 7 rings (SSSR count). The lowest BCUT2D eigenvalue weighted by atomic mass is 10.2. The molecule has 0 amide bonds. The lowest BCUT2D eigenvalue weighted by Crippen LogP contribution is -2.20. The van der Waals surface area contributed by atoms with Crippen molar-refractivity contribution >= 4 is 39.7 Å². The third kappa shape index (κ3) is 4.69. The molecule has 0 aliphatic carbocycles. The van der Waals surface area contributed by atoms with Crippen molar-refractivity contribution in [1.29, 1.82) is 0 Å². The maximum Gasteiger partial charge on any atom is 0.282 e. The van der Waals surface area contributed by atoms with Crippen LogP contribution in [0.5, 0.6) is 23.0 Å². The van der Waals surface area contributed by atoms with Crippen molar-refractivity contribution in [3.8, 4) is 34.6 Å². The third-order valence-corrected chi connectivity index (χ3v) is 7.05. The highest BCUT2D eigenvalue weighted by Gasteiger charge is 2.18. The first kappa shape index (κ1) is 25.7. The van der Waals surface area contributed by atoms with Gasteiger partial charge in [-0.05, 0) is 66.2 Å². The van der Waals surface area contributed by atoms with Gasteiger partial charge < -0.3 is 23.4 Å². The second kappa shape index (κ2) is 10.6. The smallest absolute Gasteiger partial charge is 0.282 e. The number of furan rings is 1. The summed E-state index contributed by atoms with van der Waals surface area (Å²) < 4.78 is 30.0. The Hall–Kier alpha value is -5.28. The van der Waals surface area contributed by atoms with E-state index in [1.165, 1.54) is 4.68 Å². The predicted molar refractivity (Wildman–Crippen MR) is 159 cm³/mol. The summed E-state index contributed by atoms with van der Waals surface area (Å²) in [6.45, 7) is 0.432. The highest BCUT2D eigenvalue weighted by atomic mass is 35.5. The molecule has 9 nitrogen and oxygen atoms in total. The maximum atomic E-state index is 13.7. The number of fused-ring (bicyclic) bond motifs is 3. The zero-order valence-corrected chi connectivity index (χ0v) is 23.0. The second-order valence-corrected chi connectivity index (χ2v) is 9.90. The van der Waals surface area contributed by atoms with Crippen molar-refractivity contribution in [2.24, 2.45) is 5.10 Å². The van der Waals surface area contributed by atoms with E-state index >= 15 is 0 Å². The molecular weight excluding hydrogens is 558 g/mol. The molecule has 0 unspecified atom stereocenters. The minimum atomic E-state index is -0.351. The minimum Gasteiger partial charge on any atom is -0.493 e. The Morgan fingerprint density at radius 2 is 1.88 bits per heavy atom. The number of halogens is 1. The van der Waals surface area contributed by atoms with E-state index in [-0.39, 0.29) is 24.8 Å². The first-order valence-corrected chi connectivity index (χ1v) is 13.4. The van der Waals surface area contributed by atoms with Gasteiger partial charge in [-0.15, -0.1) is 0 Å². The Morgan fingerprint density at radius 1 is 1.00 bits per heavy atom. The summed E-state index contributed by atoms with van der Waals surface area (Å²) in [5.74, 6) is 2.95. The Bertz CT molecular complexity index is 2070. The van der Waals surface area contributed by atoms with E-state index in [1.54, 1.807) is 61.9 Å². The molecule has 42 heavy (non-hydrogen) atoms. The topological polar surface area (TPSA) is 97.3 Å². The quantitative estimate of drug-likeness (QED) is 0.195. The summed E-state index contributed by atoms with van der Waals surface area (Å²) >= 11 is 6.19. The molecule has 4 aromatic carbocycles. The summed E-state index contributed by atoms with van der Waals surface area (Å²) in [5, 5.41) is 6.36. The molecular formula is C32H22ClN3O6. The lowest BCUT2D eigenvalue weighted by molar-refractivity contribution is 0.174. The van der Waals surface area contributed by atoms with Crippen LogP contribution in [0.3, 0.4) is 0 Å². The first-order valence-electron chi connectivity index (χ1n) is 13.0. The van der Waals surface area contributed by atoms with Crippen LogP contribution >= 0.6 is 11.6 Å². The number of benzene rings is 4. The van der Waals surface area contributed by atoms with Crippen molar-refractivity contribution in [3.63, 3.8) is 0 Å². The summed E-state index contributed by atoms with van der Waals surface area (Å²) in [6, 6.07) is 25.2. The van der Waals surface area contributed by atoms with Gasteiger partial charge in [0, 0.05) is 16.0 Å². The van der Waals surface area contributed by atoms with Gasteiger partial charge in [0.1, 0.15) is 12.2 Å². The van der Waals surface area contributed by atoms with Gasteiger partial charge in [0.15, 0.2) is 28.8 Å². The van der Waals surface area contributed by atoms with E-state index in [0.29, 0.717) is 55.8 Å². The van der Waals surface area contributed by atoms with Gasteiger partial charge in [-0.2, -0.15) is 9.78 Å². The largest absolute Gasteiger partial charge is 0.493 e. The summed E-state index contributed by atoms with van der Waals surface area (Å²) in [7, 11) is 1.56. The van der Waals surface area contributed by atoms with Gasteiger partial charge in [0.2, 0.25) is 12.6 Å². The van der Waals surface area contributed by atoms with Crippen LogP contribution in [0, 0.1) is 0 Å². The number of hydrogen-bond acceptors (Lipinski definition) is 8. The highest BCUT2D eigenvalue weighted by Crippen LogP contribution is 2.35. The SMILES string of the molecule is COc1cccc(C=Nn2c(-c3cc4cc(Cl)ccc4o3)nc3ccccc3c2=O)c1OCc1ccc2c(c1)OCO2. The van der Waals surface area contributed by atoms with Gasteiger partial charge in [-0.3, -0.25) is 4.79 Å². The molecule has 0 radical (unpaired) electrons. The van der Waals surface area contributed by atoms with E-state index in [2.05, 4.69) is 5.10 Å². The molecule has 10 heteroatoms. The van der Waals surface area contributed by atoms with Gasteiger partial charge in [0.25, 0.3) is 5.56 Å². The van der Waals surface area contributed by atoms with E-state index in [0.717, 1.165) is 10.9 Å². The van der Waals surface area contributed by atoms with Crippen molar-refractivity contribution < 1.29 is 23.4 Å². The minimum absolute atomic E-state index is 0.194. The van der Waals surface area contributed by atoms with Crippen molar-refractivity contribution in [2.75, 3.05) is 13.9 Å². The van der Waals surface area contributed by atoms with Crippen LogP contribution in [0.25, 0.3) is 33.5 Å². The number of para-hydroxylation sites is 2. The molecule has 0 saturated carbocycles. The predicted octanol–water partition coefficient (Wildman–Crippen LogP) is 6.66. The van der Waals surface area contributed by atoms with Gasteiger partial charge in [-0.1, -0.05) is 35.9 Å². The normalized spacial score (nSPS) is 12.4. The lowest BCUT2D eigenvalue weighted by Gasteiger charge is -2.14. The van der Waals surface area contributed by atoms with Crippen LogP contribution in [-0.4, -0.2) is 29.8 Å². The molecule has 3 heterocycles. The first-order chi connectivity index (χ1) is 20.6. The molecule has 208 valence electrons. The standard InChI is InChI=1S/C32H22ClN3O6/c1-38-27-8-4-5-20(30(27)39-17-19-9-11-26-28(13-19)41-18-40-26)16-34-36-31(35-24-7-3-2-6-23(24)32(36)37)29-15-21-14-22(33)10-12-25(21)42-29/h2-16H,17-18H2,1H3. The molecule has 0 bridgehead atoms. The Morgan fingerprint density at radius 3 is 2.79 bits per heavy atom. The van der Waals surface area contributed by atoms with E-state index in [4.69, 9.17) is 39.9 Å². The fourth-order valence-electron chi connectivity index (χ4n) is 4.77. The Kier molecular flexibility index (Phi) is 6.48. The van der Waals surface area contributed by atoms with Gasteiger partial charge >= 0.3 is 0 Å². The number of ether oxygens (including phenoxy) is 4. The van der Waals surface area contributed by atoms with Crippen molar-refractivity contribution in [1.82, 2.24) is 9.66 Å². The zero-order chi connectivity index (χ0) is 28.6. The third-order valence-electron chi connectivity index (χ3n) is 6.81. The molecule has 0 spiro atoms. The van der Waals surface area contributed by atoms with Gasteiger partial charge in [-0.25, -0.2) is 4.98 Å². The van der Waals surface area contributed by atoms with Crippen LogP contribution in [0.2, 0.25) is 5.02 Å².